The van der Waals surface area contributed by atoms with E-state index in [0.29, 0.717) is 0 Å². The number of ketones is 1. The maximum absolute atomic E-state index is 10.7. The zero-order valence-corrected chi connectivity index (χ0v) is 6.95. The molecule has 1 aliphatic heterocycles. The zero-order valence-electron chi connectivity index (χ0n) is 6.95. The second-order valence-corrected chi connectivity index (χ2v) is 3.08. The molecule has 0 aromatic carbocycles. The largest absolute Gasteiger partial charge is 0.475 e. The SMILES string of the molecule is CC1CCC(CC(=O)C(=O)O)O1. The monoisotopic (exact) mass is 172 g/mol. The van der Waals surface area contributed by atoms with Crippen LogP contribution in [0.25, 0.3) is 0 Å². The van der Waals surface area contributed by atoms with Gasteiger partial charge in [0.1, 0.15) is 0 Å². The summed E-state index contributed by atoms with van der Waals surface area (Å²) >= 11 is 0. The number of carboxylic acids is 1. The highest BCUT2D eigenvalue weighted by Crippen LogP contribution is 2.21. The third-order valence-corrected chi connectivity index (χ3v) is 1.97. The molecule has 1 heterocycles. The fraction of sp³-hybridized carbons (Fsp3) is 0.750. The molecule has 4 nitrogen and oxygen atoms in total. The standard InChI is InChI=1S/C8H12O4/c1-5-2-3-6(12-5)4-7(9)8(10)11/h5-6H,2-4H2,1H3,(H,10,11). The van der Waals surface area contributed by atoms with Crippen LogP contribution in [0.1, 0.15) is 26.2 Å². The van der Waals surface area contributed by atoms with E-state index in [9.17, 15) is 9.59 Å². The number of rotatable bonds is 3. The Morgan fingerprint density at radius 2 is 2.17 bits per heavy atom. The lowest BCUT2D eigenvalue weighted by atomic mass is 10.1. The summed E-state index contributed by atoms with van der Waals surface area (Å²) in [5.74, 6) is -2.12. The zero-order chi connectivity index (χ0) is 9.14. The van der Waals surface area contributed by atoms with Crippen LogP contribution in [0, 0.1) is 0 Å². The summed E-state index contributed by atoms with van der Waals surface area (Å²) in [5.41, 5.74) is 0. The molecule has 1 N–H and O–H groups in total. The molecule has 1 fully saturated rings. The Hall–Kier alpha value is -0.900. The molecule has 0 spiro atoms. The Morgan fingerprint density at radius 3 is 2.58 bits per heavy atom. The fourth-order valence-corrected chi connectivity index (χ4v) is 1.33. The van der Waals surface area contributed by atoms with Crippen molar-refractivity contribution in [1.29, 1.82) is 0 Å². The lowest BCUT2D eigenvalue weighted by Gasteiger charge is -2.07. The Kier molecular flexibility index (Phi) is 2.81. The van der Waals surface area contributed by atoms with E-state index in [1.54, 1.807) is 0 Å². The summed E-state index contributed by atoms with van der Waals surface area (Å²) in [6, 6.07) is 0. The van der Waals surface area contributed by atoms with Gasteiger partial charge in [-0.2, -0.15) is 0 Å². The van der Waals surface area contributed by atoms with Crippen molar-refractivity contribution in [1.82, 2.24) is 0 Å². The molecule has 12 heavy (non-hydrogen) atoms. The van der Waals surface area contributed by atoms with Gasteiger partial charge in [0.05, 0.1) is 12.2 Å². The molecule has 0 aliphatic carbocycles. The molecule has 1 saturated heterocycles. The molecule has 4 heteroatoms. The minimum atomic E-state index is -1.36. The van der Waals surface area contributed by atoms with Crippen molar-refractivity contribution in [2.75, 3.05) is 0 Å². The highest BCUT2D eigenvalue weighted by Gasteiger charge is 2.26. The Bertz CT molecular complexity index is 199. The van der Waals surface area contributed by atoms with Gasteiger partial charge < -0.3 is 9.84 Å². The lowest BCUT2D eigenvalue weighted by molar-refractivity contribution is -0.150. The van der Waals surface area contributed by atoms with Gasteiger partial charge in [-0.15, -0.1) is 0 Å². The molecule has 0 aromatic heterocycles. The molecule has 1 aliphatic rings. The number of carbonyl (C=O) groups excluding carboxylic acids is 1. The average Bonchev–Trinajstić information content (AvgIpc) is 2.35. The second kappa shape index (κ2) is 3.67. The predicted molar refractivity (Wildman–Crippen MR) is 40.8 cm³/mol. The highest BCUT2D eigenvalue weighted by molar-refractivity contribution is 6.32. The Labute approximate surface area is 70.5 Å². The molecule has 1 rings (SSSR count). The van der Waals surface area contributed by atoms with Crippen LogP contribution < -0.4 is 0 Å². The van der Waals surface area contributed by atoms with E-state index in [4.69, 9.17) is 9.84 Å². The van der Waals surface area contributed by atoms with Gasteiger partial charge in [-0.05, 0) is 19.8 Å². The Morgan fingerprint density at radius 1 is 1.50 bits per heavy atom. The highest BCUT2D eigenvalue weighted by atomic mass is 16.5. The number of aliphatic carboxylic acids is 1. The van der Waals surface area contributed by atoms with E-state index in [1.807, 2.05) is 6.92 Å². The summed E-state index contributed by atoms with van der Waals surface area (Å²) in [7, 11) is 0. The molecule has 68 valence electrons. The maximum atomic E-state index is 10.7. The van der Waals surface area contributed by atoms with Crippen LogP contribution in [0.4, 0.5) is 0 Å². The summed E-state index contributed by atoms with van der Waals surface area (Å²) in [6.45, 7) is 1.92. The van der Waals surface area contributed by atoms with Gasteiger partial charge in [0.15, 0.2) is 0 Å². The van der Waals surface area contributed by atoms with Crippen molar-refractivity contribution in [2.24, 2.45) is 0 Å². The van der Waals surface area contributed by atoms with E-state index in [-0.39, 0.29) is 18.6 Å². The van der Waals surface area contributed by atoms with Crippen molar-refractivity contribution >= 4 is 11.8 Å². The number of ether oxygens (including phenoxy) is 1. The third kappa shape index (κ3) is 2.30. The minimum Gasteiger partial charge on any atom is -0.475 e. The number of Topliss-reactive ketones (excluding diaryl/α,β-unsaturated/α-hetero) is 1. The van der Waals surface area contributed by atoms with E-state index in [2.05, 4.69) is 0 Å². The maximum Gasteiger partial charge on any atom is 0.372 e. The first kappa shape index (κ1) is 9.19. The summed E-state index contributed by atoms with van der Waals surface area (Å²) in [4.78, 5) is 20.9. The van der Waals surface area contributed by atoms with Gasteiger partial charge in [-0.1, -0.05) is 0 Å². The normalized spacial score (nSPS) is 28.8. The van der Waals surface area contributed by atoms with E-state index < -0.39 is 11.8 Å². The van der Waals surface area contributed by atoms with Crippen LogP contribution in [0.2, 0.25) is 0 Å². The molecular weight excluding hydrogens is 160 g/mol. The summed E-state index contributed by atoms with van der Waals surface area (Å²) in [6.07, 6.45) is 1.71. The first-order chi connectivity index (χ1) is 5.59. The van der Waals surface area contributed by atoms with Crippen LogP contribution in [0.15, 0.2) is 0 Å². The molecular formula is C8H12O4. The lowest BCUT2D eigenvalue weighted by Crippen LogP contribution is -2.20. The van der Waals surface area contributed by atoms with E-state index in [1.165, 1.54) is 0 Å². The minimum absolute atomic E-state index is 0.0136. The van der Waals surface area contributed by atoms with Crippen LogP contribution in [-0.2, 0) is 14.3 Å². The van der Waals surface area contributed by atoms with Crippen molar-refractivity contribution in [3.05, 3.63) is 0 Å². The number of hydrogen-bond acceptors (Lipinski definition) is 3. The topological polar surface area (TPSA) is 63.6 Å². The van der Waals surface area contributed by atoms with Gasteiger partial charge in [-0.3, -0.25) is 4.79 Å². The van der Waals surface area contributed by atoms with E-state index in [0.717, 1.165) is 12.8 Å². The van der Waals surface area contributed by atoms with Gasteiger partial charge >= 0.3 is 5.97 Å². The summed E-state index contributed by atoms with van der Waals surface area (Å²) in [5, 5.41) is 8.30. The molecule has 0 aromatic rings. The number of hydrogen-bond donors (Lipinski definition) is 1. The second-order valence-electron chi connectivity index (χ2n) is 3.08. The molecule has 2 atom stereocenters. The average molecular weight is 172 g/mol. The molecule has 0 radical (unpaired) electrons. The summed E-state index contributed by atoms with van der Waals surface area (Å²) < 4.78 is 5.30. The first-order valence-corrected chi connectivity index (χ1v) is 4.01. The Balaban J connectivity index is 2.32. The van der Waals surface area contributed by atoms with Gasteiger partial charge in [-0.25, -0.2) is 4.79 Å². The van der Waals surface area contributed by atoms with Crippen LogP contribution in [0.5, 0.6) is 0 Å². The number of carbonyl (C=O) groups is 2. The van der Waals surface area contributed by atoms with Crippen LogP contribution >= 0.6 is 0 Å². The first-order valence-electron chi connectivity index (χ1n) is 4.01. The van der Waals surface area contributed by atoms with Gasteiger partial charge in [0.2, 0.25) is 5.78 Å². The van der Waals surface area contributed by atoms with Crippen molar-refractivity contribution in [3.63, 3.8) is 0 Å². The molecule has 0 bridgehead atoms. The van der Waals surface area contributed by atoms with Crippen molar-refractivity contribution in [2.45, 2.75) is 38.4 Å². The molecule has 0 saturated carbocycles. The van der Waals surface area contributed by atoms with E-state index >= 15 is 0 Å². The third-order valence-electron chi connectivity index (χ3n) is 1.97. The quantitative estimate of drug-likeness (QED) is 0.633. The smallest absolute Gasteiger partial charge is 0.372 e. The molecule has 2 unspecified atom stereocenters. The van der Waals surface area contributed by atoms with Crippen LogP contribution in [0.3, 0.4) is 0 Å². The van der Waals surface area contributed by atoms with Crippen molar-refractivity contribution < 1.29 is 19.4 Å². The van der Waals surface area contributed by atoms with Crippen molar-refractivity contribution in [3.8, 4) is 0 Å². The fourth-order valence-electron chi connectivity index (χ4n) is 1.33. The van der Waals surface area contributed by atoms with Gasteiger partial charge in [0, 0.05) is 6.42 Å². The molecule has 0 amide bonds. The number of carboxylic acid groups (broad SMARTS) is 1. The van der Waals surface area contributed by atoms with Gasteiger partial charge in [0.25, 0.3) is 0 Å². The van der Waals surface area contributed by atoms with Crippen LogP contribution in [-0.4, -0.2) is 29.1 Å². The predicted octanol–water partition coefficient (Wildman–Crippen LogP) is 0.598.